The van der Waals surface area contributed by atoms with E-state index in [1.807, 2.05) is 12.4 Å². The summed E-state index contributed by atoms with van der Waals surface area (Å²) in [7, 11) is 0. The van der Waals surface area contributed by atoms with Gasteiger partial charge in [0, 0.05) is 44.1 Å². The molecule has 2 unspecified atom stereocenters. The van der Waals surface area contributed by atoms with Gasteiger partial charge in [0.25, 0.3) is 0 Å². The van der Waals surface area contributed by atoms with Crippen molar-refractivity contribution in [3.8, 4) is 0 Å². The van der Waals surface area contributed by atoms with Crippen molar-refractivity contribution < 1.29 is 0 Å². The number of piperazine rings is 1. The third kappa shape index (κ3) is 3.30. The van der Waals surface area contributed by atoms with E-state index in [1.165, 1.54) is 12.0 Å². The summed E-state index contributed by atoms with van der Waals surface area (Å²) in [6, 6.07) is 5.53. The average molecular weight is 247 g/mol. The SMILES string of the molecule is CCC1CNC(C(C)C)CN1Cc1ccncc1. The van der Waals surface area contributed by atoms with Crippen molar-refractivity contribution in [2.75, 3.05) is 13.1 Å². The van der Waals surface area contributed by atoms with Gasteiger partial charge >= 0.3 is 0 Å². The van der Waals surface area contributed by atoms with Crippen LogP contribution in [0.15, 0.2) is 24.5 Å². The van der Waals surface area contributed by atoms with Crippen molar-refractivity contribution >= 4 is 0 Å². The summed E-state index contributed by atoms with van der Waals surface area (Å²) in [6.45, 7) is 10.2. The van der Waals surface area contributed by atoms with Gasteiger partial charge in [-0.1, -0.05) is 20.8 Å². The first-order chi connectivity index (χ1) is 8.70. The van der Waals surface area contributed by atoms with Crippen LogP contribution in [0.5, 0.6) is 0 Å². The van der Waals surface area contributed by atoms with Crippen LogP contribution in [0.4, 0.5) is 0 Å². The molecule has 0 aliphatic carbocycles. The summed E-state index contributed by atoms with van der Waals surface area (Å²) < 4.78 is 0. The fourth-order valence-electron chi connectivity index (χ4n) is 2.65. The monoisotopic (exact) mass is 247 g/mol. The molecule has 1 aromatic rings. The van der Waals surface area contributed by atoms with Crippen LogP contribution >= 0.6 is 0 Å². The molecule has 1 fully saturated rings. The van der Waals surface area contributed by atoms with Crippen LogP contribution in [0.2, 0.25) is 0 Å². The molecule has 2 atom stereocenters. The van der Waals surface area contributed by atoms with Crippen LogP contribution in [-0.4, -0.2) is 35.1 Å². The normalized spacial score (nSPS) is 25.6. The van der Waals surface area contributed by atoms with Crippen molar-refractivity contribution in [3.05, 3.63) is 30.1 Å². The Hall–Kier alpha value is -0.930. The zero-order valence-electron chi connectivity index (χ0n) is 11.8. The Labute approximate surface area is 111 Å². The molecular formula is C15H25N3. The molecule has 1 aliphatic heterocycles. The third-order valence-corrected chi connectivity index (χ3v) is 3.97. The predicted octanol–water partition coefficient (Wildman–Crippen LogP) is 2.29. The van der Waals surface area contributed by atoms with E-state index in [0.717, 1.165) is 19.6 Å². The molecule has 0 bridgehead atoms. The lowest BCUT2D eigenvalue weighted by Gasteiger charge is -2.41. The molecule has 0 amide bonds. The molecule has 0 aromatic carbocycles. The van der Waals surface area contributed by atoms with E-state index >= 15 is 0 Å². The number of nitrogens with one attached hydrogen (secondary N) is 1. The number of rotatable bonds is 4. The Morgan fingerprint density at radius 1 is 1.39 bits per heavy atom. The topological polar surface area (TPSA) is 28.2 Å². The molecule has 0 saturated carbocycles. The summed E-state index contributed by atoms with van der Waals surface area (Å²) in [6.07, 6.45) is 4.99. The lowest BCUT2D eigenvalue weighted by molar-refractivity contribution is 0.103. The van der Waals surface area contributed by atoms with E-state index in [-0.39, 0.29) is 0 Å². The molecule has 3 heteroatoms. The molecule has 1 aliphatic rings. The number of hydrogen-bond donors (Lipinski definition) is 1. The smallest absolute Gasteiger partial charge is 0.0271 e. The minimum Gasteiger partial charge on any atom is -0.311 e. The molecule has 1 aromatic heterocycles. The minimum atomic E-state index is 0.620. The molecule has 2 heterocycles. The maximum Gasteiger partial charge on any atom is 0.0271 e. The molecule has 0 radical (unpaired) electrons. The van der Waals surface area contributed by atoms with Gasteiger partial charge in [0.2, 0.25) is 0 Å². The van der Waals surface area contributed by atoms with Crippen molar-refractivity contribution in [3.63, 3.8) is 0 Å². The fraction of sp³-hybridized carbons (Fsp3) is 0.667. The Morgan fingerprint density at radius 2 is 2.11 bits per heavy atom. The van der Waals surface area contributed by atoms with Crippen LogP contribution in [0.3, 0.4) is 0 Å². The van der Waals surface area contributed by atoms with Gasteiger partial charge in [-0.3, -0.25) is 9.88 Å². The molecule has 100 valence electrons. The van der Waals surface area contributed by atoms with Gasteiger partial charge in [0.15, 0.2) is 0 Å². The first-order valence-corrected chi connectivity index (χ1v) is 7.07. The quantitative estimate of drug-likeness (QED) is 0.885. The zero-order valence-corrected chi connectivity index (χ0v) is 11.8. The van der Waals surface area contributed by atoms with Crippen molar-refractivity contribution in [2.45, 2.75) is 45.8 Å². The van der Waals surface area contributed by atoms with Crippen LogP contribution in [-0.2, 0) is 6.54 Å². The lowest BCUT2D eigenvalue weighted by atomic mass is 9.98. The highest BCUT2D eigenvalue weighted by Gasteiger charge is 2.27. The Kier molecular flexibility index (Phi) is 4.72. The number of aromatic nitrogens is 1. The molecule has 0 spiro atoms. The first-order valence-electron chi connectivity index (χ1n) is 7.07. The van der Waals surface area contributed by atoms with Gasteiger partial charge in [-0.15, -0.1) is 0 Å². The maximum absolute atomic E-state index is 4.09. The molecule has 2 rings (SSSR count). The molecule has 1 saturated heterocycles. The van der Waals surface area contributed by atoms with Crippen LogP contribution in [0, 0.1) is 5.92 Å². The Morgan fingerprint density at radius 3 is 2.72 bits per heavy atom. The number of pyridine rings is 1. The zero-order chi connectivity index (χ0) is 13.0. The van der Waals surface area contributed by atoms with Crippen molar-refractivity contribution in [1.29, 1.82) is 0 Å². The maximum atomic E-state index is 4.09. The summed E-state index contributed by atoms with van der Waals surface area (Å²) in [5.41, 5.74) is 1.37. The van der Waals surface area contributed by atoms with E-state index in [1.54, 1.807) is 0 Å². The van der Waals surface area contributed by atoms with E-state index in [4.69, 9.17) is 0 Å². The molecule has 18 heavy (non-hydrogen) atoms. The Bertz CT molecular complexity index is 350. The van der Waals surface area contributed by atoms with Crippen LogP contribution in [0.1, 0.15) is 32.8 Å². The second-order valence-corrected chi connectivity index (χ2v) is 5.61. The summed E-state index contributed by atoms with van der Waals surface area (Å²) in [5, 5.41) is 3.68. The molecule has 3 nitrogen and oxygen atoms in total. The standard InChI is InChI=1S/C15H25N3/c1-4-14-9-17-15(12(2)3)11-18(14)10-13-5-7-16-8-6-13/h5-8,12,14-15,17H,4,9-11H2,1-3H3. The van der Waals surface area contributed by atoms with Crippen LogP contribution < -0.4 is 5.32 Å². The van der Waals surface area contributed by atoms with Crippen molar-refractivity contribution in [1.82, 2.24) is 15.2 Å². The largest absolute Gasteiger partial charge is 0.311 e. The van der Waals surface area contributed by atoms with Crippen LogP contribution in [0.25, 0.3) is 0 Å². The van der Waals surface area contributed by atoms with E-state index in [0.29, 0.717) is 18.0 Å². The van der Waals surface area contributed by atoms with Crippen molar-refractivity contribution in [2.24, 2.45) is 5.92 Å². The highest BCUT2D eigenvalue weighted by molar-refractivity contribution is 5.10. The van der Waals surface area contributed by atoms with Gasteiger partial charge in [-0.25, -0.2) is 0 Å². The van der Waals surface area contributed by atoms with Gasteiger partial charge < -0.3 is 5.32 Å². The lowest BCUT2D eigenvalue weighted by Crippen LogP contribution is -2.57. The fourth-order valence-corrected chi connectivity index (χ4v) is 2.65. The van der Waals surface area contributed by atoms with Gasteiger partial charge in [-0.2, -0.15) is 0 Å². The van der Waals surface area contributed by atoms with Gasteiger partial charge in [0.05, 0.1) is 0 Å². The van der Waals surface area contributed by atoms with Gasteiger partial charge in [-0.05, 0) is 30.0 Å². The van der Waals surface area contributed by atoms with E-state index in [2.05, 4.69) is 48.1 Å². The number of nitrogens with zero attached hydrogens (tertiary/aromatic N) is 2. The predicted molar refractivity (Wildman–Crippen MR) is 75.4 cm³/mol. The summed E-state index contributed by atoms with van der Waals surface area (Å²) in [4.78, 5) is 6.71. The minimum absolute atomic E-state index is 0.620. The molecule has 1 N–H and O–H groups in total. The second kappa shape index (κ2) is 6.30. The highest BCUT2D eigenvalue weighted by atomic mass is 15.2. The average Bonchev–Trinajstić information content (AvgIpc) is 2.39. The Balaban J connectivity index is 2.02. The number of hydrogen-bond acceptors (Lipinski definition) is 3. The summed E-state index contributed by atoms with van der Waals surface area (Å²) in [5.74, 6) is 0.697. The molecular weight excluding hydrogens is 222 g/mol. The summed E-state index contributed by atoms with van der Waals surface area (Å²) >= 11 is 0. The third-order valence-electron chi connectivity index (χ3n) is 3.97. The van der Waals surface area contributed by atoms with Gasteiger partial charge in [0.1, 0.15) is 0 Å². The second-order valence-electron chi connectivity index (χ2n) is 5.61. The van der Waals surface area contributed by atoms with E-state index < -0.39 is 0 Å². The highest BCUT2D eigenvalue weighted by Crippen LogP contribution is 2.17. The van der Waals surface area contributed by atoms with E-state index in [9.17, 15) is 0 Å². The first kappa shape index (κ1) is 13.5.